The number of hydrogen-bond acceptors (Lipinski definition) is 5. The van der Waals surface area contributed by atoms with Gasteiger partial charge in [0.1, 0.15) is 11.5 Å². The predicted molar refractivity (Wildman–Crippen MR) is 116 cm³/mol. The summed E-state index contributed by atoms with van der Waals surface area (Å²) >= 11 is 6.02. The molecule has 0 bridgehead atoms. The summed E-state index contributed by atoms with van der Waals surface area (Å²) in [5.41, 5.74) is 1.03. The third kappa shape index (κ3) is 4.84. The van der Waals surface area contributed by atoms with Crippen molar-refractivity contribution in [1.82, 2.24) is 0 Å². The highest BCUT2D eigenvalue weighted by molar-refractivity contribution is 7.92. The lowest BCUT2D eigenvalue weighted by atomic mass is 10.2. The normalized spacial score (nSPS) is 10.9. The first-order valence-corrected chi connectivity index (χ1v) is 10.6. The Kier molecular flexibility index (Phi) is 6.49. The lowest BCUT2D eigenvalue weighted by Gasteiger charge is -2.13. The van der Waals surface area contributed by atoms with Crippen molar-refractivity contribution in [2.24, 2.45) is 0 Å². The first kappa shape index (κ1) is 21.5. The van der Waals surface area contributed by atoms with Crippen LogP contribution in [-0.4, -0.2) is 28.5 Å². The molecule has 0 radical (unpaired) electrons. The lowest BCUT2D eigenvalue weighted by molar-refractivity contribution is 0.102. The molecular formula is C21H19ClN2O5S. The first-order chi connectivity index (χ1) is 14.3. The monoisotopic (exact) mass is 446 g/mol. The highest BCUT2D eigenvalue weighted by Crippen LogP contribution is 2.31. The average Bonchev–Trinajstić information content (AvgIpc) is 2.74. The van der Waals surface area contributed by atoms with E-state index in [0.717, 1.165) is 0 Å². The molecule has 0 aliphatic rings. The van der Waals surface area contributed by atoms with Gasteiger partial charge in [0.05, 0.1) is 35.4 Å². The molecule has 3 aromatic rings. The fourth-order valence-corrected chi connectivity index (χ4v) is 3.94. The summed E-state index contributed by atoms with van der Waals surface area (Å²) in [6.45, 7) is 0. The number of carbonyl (C=O) groups excluding carboxylic acids is 1. The number of sulfonamides is 1. The quantitative estimate of drug-likeness (QED) is 0.560. The van der Waals surface area contributed by atoms with Crippen molar-refractivity contribution in [2.75, 3.05) is 24.3 Å². The highest BCUT2D eigenvalue weighted by Gasteiger charge is 2.17. The number of carbonyl (C=O) groups is 1. The van der Waals surface area contributed by atoms with Crippen LogP contribution in [0, 0.1) is 0 Å². The summed E-state index contributed by atoms with van der Waals surface area (Å²) < 4.78 is 38.3. The minimum Gasteiger partial charge on any atom is -0.497 e. The molecule has 3 rings (SSSR count). The molecule has 156 valence electrons. The maximum atomic E-state index is 12.7. The summed E-state index contributed by atoms with van der Waals surface area (Å²) in [6, 6.07) is 17.2. The van der Waals surface area contributed by atoms with Gasteiger partial charge in [-0.3, -0.25) is 9.52 Å². The molecule has 0 unspecified atom stereocenters. The number of halogens is 1. The number of nitrogens with one attached hydrogen (secondary N) is 2. The summed E-state index contributed by atoms with van der Waals surface area (Å²) in [4.78, 5) is 12.4. The van der Waals surface area contributed by atoms with Crippen molar-refractivity contribution in [2.45, 2.75) is 4.90 Å². The number of hydrogen-bond donors (Lipinski definition) is 2. The van der Waals surface area contributed by atoms with Crippen molar-refractivity contribution in [3.8, 4) is 11.5 Å². The van der Waals surface area contributed by atoms with Gasteiger partial charge in [-0.2, -0.15) is 0 Å². The van der Waals surface area contributed by atoms with Crippen LogP contribution < -0.4 is 19.5 Å². The van der Waals surface area contributed by atoms with E-state index < -0.39 is 15.9 Å². The van der Waals surface area contributed by atoms with Crippen LogP contribution in [0.2, 0.25) is 5.02 Å². The highest BCUT2D eigenvalue weighted by atomic mass is 35.5. The van der Waals surface area contributed by atoms with Gasteiger partial charge in [0.2, 0.25) is 0 Å². The van der Waals surface area contributed by atoms with Crippen molar-refractivity contribution < 1.29 is 22.7 Å². The van der Waals surface area contributed by atoms with E-state index in [2.05, 4.69) is 10.0 Å². The molecule has 0 aromatic heterocycles. The van der Waals surface area contributed by atoms with Gasteiger partial charge in [-0.15, -0.1) is 0 Å². The molecule has 0 spiro atoms. The van der Waals surface area contributed by atoms with E-state index in [-0.39, 0.29) is 10.6 Å². The lowest BCUT2D eigenvalue weighted by Crippen LogP contribution is -2.15. The van der Waals surface area contributed by atoms with E-state index in [1.165, 1.54) is 38.5 Å². The van der Waals surface area contributed by atoms with Crippen LogP contribution in [0.25, 0.3) is 0 Å². The zero-order valence-corrected chi connectivity index (χ0v) is 17.8. The fourth-order valence-electron chi connectivity index (χ4n) is 2.65. The Morgan fingerprint density at radius 3 is 2.27 bits per heavy atom. The van der Waals surface area contributed by atoms with Crippen LogP contribution in [0.4, 0.5) is 11.4 Å². The zero-order valence-electron chi connectivity index (χ0n) is 16.2. The molecule has 0 aliphatic heterocycles. The van der Waals surface area contributed by atoms with Gasteiger partial charge in [0.25, 0.3) is 15.9 Å². The number of methoxy groups -OCH3 is 2. The third-order valence-electron chi connectivity index (χ3n) is 4.19. The molecule has 0 saturated heterocycles. The molecule has 3 aromatic carbocycles. The SMILES string of the molecule is COc1ccc(NS(=O)(=O)c2ccc(NC(=O)c3ccccc3Cl)cc2)c(OC)c1. The van der Waals surface area contributed by atoms with E-state index in [9.17, 15) is 13.2 Å². The third-order valence-corrected chi connectivity index (χ3v) is 5.90. The second-order valence-corrected chi connectivity index (χ2v) is 8.22. The largest absolute Gasteiger partial charge is 0.497 e. The molecule has 9 heteroatoms. The molecule has 0 fully saturated rings. The van der Waals surface area contributed by atoms with Gasteiger partial charge in [0.15, 0.2) is 0 Å². The molecule has 2 N–H and O–H groups in total. The van der Waals surface area contributed by atoms with E-state index in [0.29, 0.717) is 27.8 Å². The molecule has 0 atom stereocenters. The average molecular weight is 447 g/mol. The van der Waals surface area contributed by atoms with Gasteiger partial charge in [-0.25, -0.2) is 8.42 Å². The second-order valence-electron chi connectivity index (χ2n) is 6.13. The van der Waals surface area contributed by atoms with Crippen molar-refractivity contribution in [3.63, 3.8) is 0 Å². The summed E-state index contributed by atoms with van der Waals surface area (Å²) in [5.74, 6) is 0.465. The van der Waals surface area contributed by atoms with E-state index in [1.54, 1.807) is 42.5 Å². The maximum absolute atomic E-state index is 12.7. The van der Waals surface area contributed by atoms with Gasteiger partial charge in [-0.1, -0.05) is 23.7 Å². The molecule has 0 aliphatic carbocycles. The van der Waals surface area contributed by atoms with Crippen LogP contribution in [0.3, 0.4) is 0 Å². The molecule has 0 heterocycles. The molecule has 30 heavy (non-hydrogen) atoms. The Morgan fingerprint density at radius 2 is 1.63 bits per heavy atom. The number of rotatable bonds is 7. The number of amides is 1. The van der Waals surface area contributed by atoms with Gasteiger partial charge in [-0.05, 0) is 48.5 Å². The standard InChI is InChI=1S/C21H19ClN2O5S/c1-28-15-9-12-19(20(13-15)29-2)24-30(26,27)16-10-7-14(8-11-16)23-21(25)17-5-3-4-6-18(17)22/h3-13,24H,1-2H3,(H,23,25). The number of anilines is 2. The van der Waals surface area contributed by atoms with Crippen molar-refractivity contribution >= 4 is 38.9 Å². The molecule has 1 amide bonds. The van der Waals surface area contributed by atoms with Crippen LogP contribution in [0.5, 0.6) is 11.5 Å². The minimum absolute atomic E-state index is 0.0242. The Morgan fingerprint density at radius 1 is 0.933 bits per heavy atom. The van der Waals surface area contributed by atoms with Gasteiger partial charge < -0.3 is 14.8 Å². The maximum Gasteiger partial charge on any atom is 0.262 e. The van der Waals surface area contributed by atoms with Crippen LogP contribution in [-0.2, 0) is 10.0 Å². The number of ether oxygens (including phenoxy) is 2. The van der Waals surface area contributed by atoms with Crippen LogP contribution in [0.1, 0.15) is 10.4 Å². The van der Waals surface area contributed by atoms with Crippen LogP contribution >= 0.6 is 11.6 Å². The topological polar surface area (TPSA) is 93.7 Å². The van der Waals surface area contributed by atoms with Gasteiger partial charge in [0, 0.05) is 11.8 Å². The van der Waals surface area contributed by atoms with E-state index in [1.807, 2.05) is 0 Å². The second kappa shape index (κ2) is 9.06. The summed E-state index contributed by atoms with van der Waals surface area (Å²) in [6.07, 6.45) is 0. The Hall–Kier alpha value is -3.23. The van der Waals surface area contributed by atoms with Crippen molar-refractivity contribution in [3.05, 3.63) is 77.3 Å². The number of benzene rings is 3. The Balaban J connectivity index is 1.77. The molecule has 0 saturated carbocycles. The minimum atomic E-state index is -3.87. The molecule has 7 nitrogen and oxygen atoms in total. The fraction of sp³-hybridized carbons (Fsp3) is 0.0952. The smallest absolute Gasteiger partial charge is 0.262 e. The zero-order chi connectivity index (χ0) is 21.7. The summed E-state index contributed by atoms with van der Waals surface area (Å²) in [7, 11) is -0.936. The van der Waals surface area contributed by atoms with Gasteiger partial charge >= 0.3 is 0 Å². The Bertz CT molecular complexity index is 1160. The van der Waals surface area contributed by atoms with Crippen LogP contribution in [0.15, 0.2) is 71.6 Å². The summed E-state index contributed by atoms with van der Waals surface area (Å²) in [5, 5.41) is 3.01. The first-order valence-electron chi connectivity index (χ1n) is 8.75. The molecular weight excluding hydrogens is 428 g/mol. The van der Waals surface area contributed by atoms with E-state index >= 15 is 0 Å². The van der Waals surface area contributed by atoms with E-state index in [4.69, 9.17) is 21.1 Å². The van der Waals surface area contributed by atoms with Crippen molar-refractivity contribution in [1.29, 1.82) is 0 Å². The Labute approximate surface area is 179 Å². The predicted octanol–water partition coefficient (Wildman–Crippen LogP) is 4.41.